The Hall–Kier alpha value is -1.44. The largest absolute Gasteiger partial charge is 0.391 e. The number of anilines is 1. The normalized spacial score (nSPS) is 11.5. The molecular formula is C12H12FNO3S2. The van der Waals surface area contributed by atoms with Crippen LogP contribution in [0.4, 0.5) is 10.1 Å². The Labute approximate surface area is 114 Å². The summed E-state index contributed by atoms with van der Waals surface area (Å²) in [5.41, 5.74) is 0.615. The van der Waals surface area contributed by atoms with Gasteiger partial charge in [-0.2, -0.15) is 0 Å². The minimum Gasteiger partial charge on any atom is -0.391 e. The van der Waals surface area contributed by atoms with Crippen molar-refractivity contribution in [3.8, 4) is 0 Å². The van der Waals surface area contributed by atoms with Gasteiger partial charge in [0.05, 0.1) is 12.3 Å². The molecular weight excluding hydrogens is 289 g/mol. The van der Waals surface area contributed by atoms with Crippen molar-refractivity contribution in [1.29, 1.82) is 0 Å². The molecule has 0 radical (unpaired) electrons. The maximum absolute atomic E-state index is 13.6. The number of aliphatic hydroxyl groups excluding tert-OH is 1. The first kappa shape index (κ1) is 14.0. The number of hydrogen-bond donors (Lipinski definition) is 2. The number of halogens is 1. The molecule has 0 fully saturated rings. The Balaban J connectivity index is 2.30. The molecule has 0 spiro atoms. The summed E-state index contributed by atoms with van der Waals surface area (Å²) in [6, 6.07) is 7.15. The van der Waals surface area contributed by atoms with Crippen LogP contribution in [0, 0.1) is 12.7 Å². The van der Waals surface area contributed by atoms with Crippen molar-refractivity contribution in [3.05, 3.63) is 46.6 Å². The van der Waals surface area contributed by atoms with Crippen LogP contribution in [-0.2, 0) is 16.6 Å². The molecule has 0 saturated carbocycles. The quantitative estimate of drug-likeness (QED) is 0.912. The predicted molar refractivity (Wildman–Crippen MR) is 72.2 cm³/mol. The van der Waals surface area contributed by atoms with Crippen LogP contribution < -0.4 is 4.72 Å². The summed E-state index contributed by atoms with van der Waals surface area (Å²) in [4.78, 5) is 0.532. The lowest BCUT2D eigenvalue weighted by Crippen LogP contribution is -2.12. The zero-order valence-electron chi connectivity index (χ0n) is 10.1. The van der Waals surface area contributed by atoms with E-state index in [9.17, 15) is 12.8 Å². The molecule has 1 aromatic carbocycles. The fraction of sp³-hybridized carbons (Fsp3) is 0.167. The van der Waals surface area contributed by atoms with Crippen molar-refractivity contribution < 1.29 is 17.9 Å². The second-order valence-corrected chi connectivity index (χ2v) is 7.05. The standard InChI is InChI=1S/C12H12FNO3S2/c1-8-2-4-11(10(13)6-8)14-19(16,17)12-5-3-9(7-15)18-12/h2-6,14-15H,7H2,1H3. The first-order valence-electron chi connectivity index (χ1n) is 5.41. The van der Waals surface area contributed by atoms with Crippen molar-refractivity contribution >= 4 is 27.0 Å². The van der Waals surface area contributed by atoms with Crippen LogP contribution in [0.3, 0.4) is 0 Å². The Kier molecular flexibility index (Phi) is 3.88. The highest BCUT2D eigenvalue weighted by Crippen LogP contribution is 2.25. The maximum Gasteiger partial charge on any atom is 0.271 e. The van der Waals surface area contributed by atoms with E-state index in [1.165, 1.54) is 24.3 Å². The molecule has 7 heteroatoms. The Morgan fingerprint density at radius 1 is 1.32 bits per heavy atom. The molecule has 2 N–H and O–H groups in total. The number of benzene rings is 1. The van der Waals surface area contributed by atoms with Gasteiger partial charge in [-0.05, 0) is 36.8 Å². The summed E-state index contributed by atoms with van der Waals surface area (Å²) in [7, 11) is -3.82. The summed E-state index contributed by atoms with van der Waals surface area (Å²) >= 11 is 0.945. The number of rotatable bonds is 4. The zero-order chi connectivity index (χ0) is 14.0. The molecule has 0 atom stereocenters. The summed E-state index contributed by atoms with van der Waals surface area (Å²) in [5.74, 6) is -0.623. The van der Waals surface area contributed by atoms with Crippen LogP contribution in [0.15, 0.2) is 34.5 Å². The van der Waals surface area contributed by atoms with Crippen LogP contribution in [0.1, 0.15) is 10.4 Å². The molecule has 0 aliphatic carbocycles. The van der Waals surface area contributed by atoms with Crippen LogP contribution in [0.2, 0.25) is 0 Å². The van der Waals surface area contributed by atoms with E-state index < -0.39 is 15.8 Å². The van der Waals surface area contributed by atoms with Crippen LogP contribution in [-0.4, -0.2) is 13.5 Å². The fourth-order valence-corrected chi connectivity index (χ4v) is 3.77. The minimum absolute atomic E-state index is 0.0384. The molecule has 0 amide bonds. The highest BCUT2D eigenvalue weighted by molar-refractivity contribution is 7.94. The first-order chi connectivity index (χ1) is 8.92. The van der Waals surface area contributed by atoms with Gasteiger partial charge < -0.3 is 5.11 Å². The molecule has 1 heterocycles. The molecule has 0 bridgehead atoms. The molecule has 2 aromatic rings. The molecule has 1 aromatic heterocycles. The molecule has 0 unspecified atom stereocenters. The summed E-state index contributed by atoms with van der Waals surface area (Å²) in [6.45, 7) is 1.49. The molecule has 0 saturated heterocycles. The summed E-state index contributed by atoms with van der Waals surface area (Å²) in [5, 5.41) is 8.92. The van der Waals surface area contributed by atoms with Gasteiger partial charge in [0.25, 0.3) is 10.0 Å². The lowest BCUT2D eigenvalue weighted by molar-refractivity contribution is 0.285. The van der Waals surface area contributed by atoms with E-state index in [4.69, 9.17) is 5.11 Å². The average Bonchev–Trinajstić information content (AvgIpc) is 2.82. The number of nitrogens with one attached hydrogen (secondary N) is 1. The van der Waals surface area contributed by atoms with Gasteiger partial charge in [-0.3, -0.25) is 4.72 Å². The summed E-state index contributed by atoms with van der Waals surface area (Å²) < 4.78 is 39.9. The first-order valence-corrected chi connectivity index (χ1v) is 7.71. The molecule has 4 nitrogen and oxygen atoms in total. The average molecular weight is 301 g/mol. The third-order valence-corrected chi connectivity index (χ3v) is 5.35. The van der Waals surface area contributed by atoms with Crippen molar-refractivity contribution in [2.24, 2.45) is 0 Å². The van der Waals surface area contributed by atoms with Crippen molar-refractivity contribution in [2.45, 2.75) is 17.7 Å². The van der Waals surface area contributed by atoms with E-state index >= 15 is 0 Å². The smallest absolute Gasteiger partial charge is 0.271 e. The molecule has 0 aliphatic rings. The van der Waals surface area contributed by atoms with Crippen LogP contribution in [0.5, 0.6) is 0 Å². The zero-order valence-corrected chi connectivity index (χ0v) is 11.7. The molecule has 19 heavy (non-hydrogen) atoms. The van der Waals surface area contributed by atoms with E-state index in [0.717, 1.165) is 11.3 Å². The highest BCUT2D eigenvalue weighted by Gasteiger charge is 2.18. The summed E-state index contributed by atoms with van der Waals surface area (Å²) in [6.07, 6.45) is 0. The van der Waals surface area contributed by atoms with Gasteiger partial charge >= 0.3 is 0 Å². The monoisotopic (exact) mass is 301 g/mol. The third kappa shape index (κ3) is 3.12. The molecule has 2 rings (SSSR count). The maximum atomic E-state index is 13.6. The van der Waals surface area contributed by atoms with Gasteiger partial charge in [0, 0.05) is 4.88 Å². The second kappa shape index (κ2) is 5.28. The number of aliphatic hydroxyl groups is 1. The Morgan fingerprint density at radius 3 is 2.63 bits per heavy atom. The highest BCUT2D eigenvalue weighted by atomic mass is 32.2. The lowest BCUT2D eigenvalue weighted by atomic mass is 10.2. The van der Waals surface area contributed by atoms with E-state index in [2.05, 4.69) is 4.72 Å². The minimum atomic E-state index is -3.82. The number of aryl methyl sites for hydroxylation is 1. The third-order valence-electron chi connectivity index (χ3n) is 2.43. The van der Waals surface area contributed by atoms with E-state index in [1.54, 1.807) is 13.0 Å². The lowest BCUT2D eigenvalue weighted by Gasteiger charge is -2.07. The van der Waals surface area contributed by atoms with Crippen LogP contribution >= 0.6 is 11.3 Å². The van der Waals surface area contributed by atoms with Crippen molar-refractivity contribution in [1.82, 2.24) is 0 Å². The van der Waals surface area contributed by atoms with Crippen molar-refractivity contribution in [3.63, 3.8) is 0 Å². The SMILES string of the molecule is Cc1ccc(NS(=O)(=O)c2ccc(CO)s2)c(F)c1. The molecule has 102 valence electrons. The van der Waals surface area contributed by atoms with Gasteiger partial charge in [0.2, 0.25) is 0 Å². The fourth-order valence-electron chi connectivity index (χ4n) is 1.49. The van der Waals surface area contributed by atoms with Crippen molar-refractivity contribution in [2.75, 3.05) is 4.72 Å². The van der Waals surface area contributed by atoms with Gasteiger partial charge in [0.1, 0.15) is 10.0 Å². The number of thiophene rings is 1. The number of sulfonamides is 1. The van der Waals surface area contributed by atoms with E-state index in [1.807, 2.05) is 0 Å². The second-order valence-electron chi connectivity index (χ2n) is 3.97. The Morgan fingerprint density at radius 2 is 2.05 bits per heavy atom. The van der Waals surface area contributed by atoms with Gasteiger partial charge in [0.15, 0.2) is 0 Å². The van der Waals surface area contributed by atoms with Gasteiger partial charge in [-0.25, -0.2) is 12.8 Å². The van der Waals surface area contributed by atoms with E-state index in [0.29, 0.717) is 10.4 Å². The van der Waals surface area contributed by atoms with Crippen LogP contribution in [0.25, 0.3) is 0 Å². The number of hydrogen-bond acceptors (Lipinski definition) is 4. The predicted octanol–water partition coefficient (Wildman–Crippen LogP) is 2.49. The van der Waals surface area contributed by atoms with E-state index in [-0.39, 0.29) is 16.5 Å². The van der Waals surface area contributed by atoms with Gasteiger partial charge in [-0.1, -0.05) is 6.07 Å². The van der Waals surface area contributed by atoms with Gasteiger partial charge in [-0.15, -0.1) is 11.3 Å². The Bertz CT molecular complexity index is 695. The topological polar surface area (TPSA) is 66.4 Å². The molecule has 0 aliphatic heterocycles.